The third-order valence-corrected chi connectivity index (χ3v) is 4.77. The summed E-state index contributed by atoms with van der Waals surface area (Å²) in [5.74, 6) is 0.953. The summed E-state index contributed by atoms with van der Waals surface area (Å²) in [4.78, 5) is 12.2. The molecule has 1 aromatic carbocycles. The van der Waals surface area contributed by atoms with Gasteiger partial charge in [-0.1, -0.05) is 35.5 Å². The zero-order valence-electron chi connectivity index (χ0n) is 15.1. The minimum atomic E-state index is -0.107. The Morgan fingerprint density at radius 3 is 3.00 bits per heavy atom. The number of carbonyl (C=O) groups is 1. The standard InChI is InChI=1S/C20H23N5O2/c26-20(14-25-10-8-18(23-25)16-7-4-9-21-12-16)22-13-17-11-19(24-27-17)15-5-2-1-3-6-15/h1-3,5-6,8,10-11,16,21H,4,7,9,12-14H2,(H,22,26)/t16-/m0/s1. The number of piperidine rings is 1. The van der Waals surface area contributed by atoms with Crippen molar-refractivity contribution in [1.29, 1.82) is 0 Å². The van der Waals surface area contributed by atoms with Crippen LogP contribution >= 0.6 is 0 Å². The molecular weight excluding hydrogens is 342 g/mol. The van der Waals surface area contributed by atoms with Crippen molar-refractivity contribution in [2.24, 2.45) is 0 Å². The third-order valence-electron chi connectivity index (χ3n) is 4.77. The Balaban J connectivity index is 1.29. The summed E-state index contributed by atoms with van der Waals surface area (Å²) in [7, 11) is 0. The number of aromatic nitrogens is 3. The lowest BCUT2D eigenvalue weighted by Crippen LogP contribution is -2.29. The molecule has 0 unspecified atom stereocenters. The van der Waals surface area contributed by atoms with Crippen LogP contribution in [0.3, 0.4) is 0 Å². The lowest BCUT2D eigenvalue weighted by molar-refractivity contribution is -0.122. The number of rotatable bonds is 6. The third kappa shape index (κ3) is 4.43. The predicted octanol–water partition coefficient (Wildman–Crippen LogP) is 2.32. The van der Waals surface area contributed by atoms with E-state index in [1.54, 1.807) is 4.68 Å². The molecule has 1 amide bonds. The number of nitrogens with zero attached hydrogens (tertiary/aromatic N) is 3. The Hall–Kier alpha value is -2.93. The van der Waals surface area contributed by atoms with Crippen LogP contribution in [0.2, 0.25) is 0 Å². The Kier molecular flexibility index (Phi) is 5.29. The smallest absolute Gasteiger partial charge is 0.242 e. The highest BCUT2D eigenvalue weighted by Gasteiger charge is 2.18. The molecule has 0 spiro atoms. The lowest BCUT2D eigenvalue weighted by atomic mass is 9.97. The molecule has 0 aliphatic carbocycles. The quantitative estimate of drug-likeness (QED) is 0.700. The summed E-state index contributed by atoms with van der Waals surface area (Å²) in [6.45, 7) is 2.53. The van der Waals surface area contributed by atoms with Crippen molar-refractivity contribution >= 4 is 5.91 Å². The summed E-state index contributed by atoms with van der Waals surface area (Å²) in [6.07, 6.45) is 4.18. The van der Waals surface area contributed by atoms with Gasteiger partial charge in [0.2, 0.25) is 5.91 Å². The number of carbonyl (C=O) groups excluding carboxylic acids is 1. The fourth-order valence-electron chi connectivity index (χ4n) is 3.32. The molecule has 27 heavy (non-hydrogen) atoms. The zero-order chi connectivity index (χ0) is 18.5. The Labute approximate surface area is 157 Å². The van der Waals surface area contributed by atoms with E-state index in [9.17, 15) is 4.79 Å². The van der Waals surface area contributed by atoms with E-state index in [1.807, 2.05) is 48.7 Å². The van der Waals surface area contributed by atoms with Crippen LogP contribution in [0.1, 0.15) is 30.2 Å². The molecule has 1 saturated heterocycles. The molecular formula is C20H23N5O2. The molecule has 3 heterocycles. The van der Waals surface area contributed by atoms with E-state index < -0.39 is 0 Å². The van der Waals surface area contributed by atoms with Crippen LogP contribution in [0.25, 0.3) is 11.3 Å². The minimum Gasteiger partial charge on any atom is -0.359 e. The van der Waals surface area contributed by atoms with E-state index in [1.165, 1.54) is 6.42 Å². The van der Waals surface area contributed by atoms with Crippen molar-refractivity contribution in [3.63, 3.8) is 0 Å². The molecule has 1 aliphatic heterocycles. The molecule has 4 rings (SSSR count). The van der Waals surface area contributed by atoms with Crippen LogP contribution in [0.4, 0.5) is 0 Å². The first-order chi connectivity index (χ1) is 13.3. The first-order valence-corrected chi connectivity index (χ1v) is 9.30. The fraction of sp³-hybridized carbons (Fsp3) is 0.350. The first kappa shape index (κ1) is 17.5. The molecule has 2 N–H and O–H groups in total. The van der Waals surface area contributed by atoms with Gasteiger partial charge in [-0.15, -0.1) is 0 Å². The summed E-state index contributed by atoms with van der Waals surface area (Å²) >= 11 is 0. The van der Waals surface area contributed by atoms with E-state index >= 15 is 0 Å². The van der Waals surface area contributed by atoms with Gasteiger partial charge in [0.25, 0.3) is 0 Å². The summed E-state index contributed by atoms with van der Waals surface area (Å²) in [6, 6.07) is 13.6. The van der Waals surface area contributed by atoms with Crippen molar-refractivity contribution in [2.75, 3.05) is 13.1 Å². The normalized spacial score (nSPS) is 17.0. The molecule has 3 aromatic rings. The van der Waals surface area contributed by atoms with Gasteiger partial charge in [-0.05, 0) is 25.5 Å². The van der Waals surface area contributed by atoms with E-state index in [-0.39, 0.29) is 12.5 Å². The molecule has 1 aliphatic rings. The monoisotopic (exact) mass is 365 g/mol. The molecule has 1 atom stereocenters. The van der Waals surface area contributed by atoms with Crippen molar-refractivity contribution in [2.45, 2.75) is 31.8 Å². The van der Waals surface area contributed by atoms with Crippen molar-refractivity contribution in [1.82, 2.24) is 25.6 Å². The SMILES string of the molecule is O=C(Cn1ccc([C@H]2CCCNC2)n1)NCc1cc(-c2ccccc2)no1. The van der Waals surface area contributed by atoms with Gasteiger partial charge >= 0.3 is 0 Å². The molecule has 0 radical (unpaired) electrons. The van der Waals surface area contributed by atoms with Crippen LogP contribution < -0.4 is 10.6 Å². The highest BCUT2D eigenvalue weighted by Crippen LogP contribution is 2.21. The molecule has 140 valence electrons. The van der Waals surface area contributed by atoms with Gasteiger partial charge in [0.05, 0.1) is 12.2 Å². The lowest BCUT2D eigenvalue weighted by Gasteiger charge is -2.20. The number of hydrogen-bond acceptors (Lipinski definition) is 5. The summed E-state index contributed by atoms with van der Waals surface area (Å²) < 4.78 is 7.00. The second-order valence-corrected chi connectivity index (χ2v) is 6.80. The van der Waals surface area contributed by atoms with Crippen molar-refractivity contribution in [3.05, 3.63) is 60.1 Å². The van der Waals surface area contributed by atoms with E-state index in [0.717, 1.165) is 36.5 Å². The van der Waals surface area contributed by atoms with E-state index in [2.05, 4.69) is 20.9 Å². The molecule has 7 nitrogen and oxygen atoms in total. The average Bonchev–Trinajstić information content (AvgIpc) is 3.37. The van der Waals surface area contributed by atoms with Crippen LogP contribution in [-0.4, -0.2) is 33.9 Å². The molecule has 2 aromatic heterocycles. The Morgan fingerprint density at radius 2 is 2.19 bits per heavy atom. The zero-order valence-corrected chi connectivity index (χ0v) is 15.1. The van der Waals surface area contributed by atoms with Crippen LogP contribution in [0, 0.1) is 0 Å². The second-order valence-electron chi connectivity index (χ2n) is 6.80. The van der Waals surface area contributed by atoms with Gasteiger partial charge in [-0.25, -0.2) is 0 Å². The van der Waals surface area contributed by atoms with E-state index in [0.29, 0.717) is 18.2 Å². The van der Waals surface area contributed by atoms with Crippen LogP contribution in [-0.2, 0) is 17.9 Å². The number of hydrogen-bond donors (Lipinski definition) is 2. The van der Waals surface area contributed by atoms with Gasteiger partial charge in [-0.2, -0.15) is 5.10 Å². The van der Waals surface area contributed by atoms with Crippen molar-refractivity contribution < 1.29 is 9.32 Å². The Morgan fingerprint density at radius 1 is 1.30 bits per heavy atom. The van der Waals surface area contributed by atoms with Gasteiger partial charge in [-0.3, -0.25) is 9.48 Å². The van der Waals surface area contributed by atoms with E-state index in [4.69, 9.17) is 4.52 Å². The van der Waals surface area contributed by atoms with Gasteiger partial charge in [0.15, 0.2) is 5.76 Å². The maximum Gasteiger partial charge on any atom is 0.242 e. The first-order valence-electron chi connectivity index (χ1n) is 9.30. The number of nitrogens with one attached hydrogen (secondary N) is 2. The maximum atomic E-state index is 12.2. The highest BCUT2D eigenvalue weighted by molar-refractivity contribution is 5.75. The van der Waals surface area contributed by atoms with Gasteiger partial charge in [0.1, 0.15) is 12.2 Å². The predicted molar refractivity (Wildman–Crippen MR) is 101 cm³/mol. The molecule has 0 bridgehead atoms. The van der Waals surface area contributed by atoms with Crippen LogP contribution in [0.15, 0.2) is 53.2 Å². The van der Waals surface area contributed by atoms with Gasteiger partial charge < -0.3 is 15.2 Å². The summed E-state index contributed by atoms with van der Waals surface area (Å²) in [5, 5.41) is 14.9. The Bertz CT molecular complexity index is 881. The number of amides is 1. The second kappa shape index (κ2) is 8.18. The van der Waals surface area contributed by atoms with Gasteiger partial charge in [0, 0.05) is 30.3 Å². The molecule has 7 heteroatoms. The minimum absolute atomic E-state index is 0.107. The average molecular weight is 365 g/mol. The fourth-order valence-corrected chi connectivity index (χ4v) is 3.32. The van der Waals surface area contributed by atoms with Crippen LogP contribution in [0.5, 0.6) is 0 Å². The summed E-state index contributed by atoms with van der Waals surface area (Å²) in [5.41, 5.74) is 2.80. The topological polar surface area (TPSA) is 85.0 Å². The highest BCUT2D eigenvalue weighted by atomic mass is 16.5. The maximum absolute atomic E-state index is 12.2. The molecule has 1 fully saturated rings. The number of benzene rings is 1. The molecule has 0 saturated carbocycles. The largest absolute Gasteiger partial charge is 0.359 e. The van der Waals surface area contributed by atoms with Crippen molar-refractivity contribution in [3.8, 4) is 11.3 Å².